The Hall–Kier alpha value is -1.64. The Labute approximate surface area is 94.7 Å². The molecular formula is C13H15FO2. The van der Waals surface area contributed by atoms with Gasteiger partial charge in [0.2, 0.25) is 5.83 Å². The Kier molecular flexibility index (Phi) is 3.82. The van der Waals surface area contributed by atoms with E-state index in [0.717, 1.165) is 6.08 Å². The van der Waals surface area contributed by atoms with E-state index in [1.165, 1.54) is 0 Å². The summed E-state index contributed by atoms with van der Waals surface area (Å²) in [5, 5.41) is 0. The van der Waals surface area contributed by atoms with Gasteiger partial charge in [-0.05, 0) is 32.4 Å². The number of carbonyl (C=O) groups excluding carboxylic acids is 1. The maximum Gasteiger partial charge on any atom is 0.367 e. The fourth-order valence-corrected chi connectivity index (χ4v) is 1.08. The molecule has 0 fully saturated rings. The fourth-order valence-electron chi connectivity index (χ4n) is 1.08. The lowest BCUT2D eigenvalue weighted by atomic mass is 10.2. The Bertz CT molecular complexity index is 388. The molecule has 3 heteroatoms. The molecule has 86 valence electrons. The van der Waals surface area contributed by atoms with Gasteiger partial charge in [0.25, 0.3) is 0 Å². The Morgan fingerprint density at radius 1 is 1.25 bits per heavy atom. The van der Waals surface area contributed by atoms with E-state index < -0.39 is 17.4 Å². The zero-order valence-corrected chi connectivity index (χ0v) is 9.66. The van der Waals surface area contributed by atoms with Crippen LogP contribution in [0.3, 0.4) is 0 Å². The van der Waals surface area contributed by atoms with Crippen LogP contribution < -0.4 is 0 Å². The molecule has 0 aromatic heterocycles. The minimum Gasteiger partial charge on any atom is -0.455 e. The monoisotopic (exact) mass is 222 g/mol. The van der Waals surface area contributed by atoms with E-state index in [9.17, 15) is 9.18 Å². The lowest BCUT2D eigenvalue weighted by Gasteiger charge is -2.18. The van der Waals surface area contributed by atoms with E-state index in [1.54, 1.807) is 45.0 Å². The highest BCUT2D eigenvalue weighted by Crippen LogP contribution is 2.14. The molecule has 1 aromatic rings. The van der Waals surface area contributed by atoms with Crippen molar-refractivity contribution in [2.45, 2.75) is 26.4 Å². The molecule has 1 aromatic carbocycles. The summed E-state index contributed by atoms with van der Waals surface area (Å²) in [6.45, 7) is 5.09. The van der Waals surface area contributed by atoms with Crippen LogP contribution in [0.1, 0.15) is 26.3 Å². The molecular weight excluding hydrogens is 207 g/mol. The van der Waals surface area contributed by atoms with Crippen LogP contribution in [0.15, 0.2) is 36.2 Å². The van der Waals surface area contributed by atoms with Crippen LogP contribution in [0.4, 0.5) is 4.39 Å². The SMILES string of the molecule is CC(C)(C)OC(=O)/C(F)=C/c1ccccc1. The molecule has 0 bridgehead atoms. The molecule has 0 aliphatic heterocycles. The molecule has 0 unspecified atom stereocenters. The second kappa shape index (κ2) is 4.92. The molecule has 0 radical (unpaired) electrons. The van der Waals surface area contributed by atoms with Crippen LogP contribution in [0, 0.1) is 0 Å². The fraction of sp³-hybridized carbons (Fsp3) is 0.308. The van der Waals surface area contributed by atoms with Crippen molar-refractivity contribution in [1.29, 1.82) is 0 Å². The molecule has 1 rings (SSSR count). The standard InChI is InChI=1S/C13H15FO2/c1-13(2,3)16-12(15)11(14)9-10-7-5-4-6-8-10/h4-9H,1-3H3/b11-9-. The molecule has 2 nitrogen and oxygen atoms in total. The van der Waals surface area contributed by atoms with Crippen molar-refractivity contribution in [2.75, 3.05) is 0 Å². The molecule has 0 heterocycles. The van der Waals surface area contributed by atoms with Crippen LogP contribution in [0.5, 0.6) is 0 Å². The van der Waals surface area contributed by atoms with E-state index in [2.05, 4.69) is 0 Å². The number of ether oxygens (including phenoxy) is 1. The van der Waals surface area contributed by atoms with Crippen molar-refractivity contribution in [1.82, 2.24) is 0 Å². The highest BCUT2D eigenvalue weighted by molar-refractivity contribution is 5.91. The summed E-state index contributed by atoms with van der Waals surface area (Å²) >= 11 is 0. The number of rotatable bonds is 2. The minimum absolute atomic E-state index is 0.630. The Morgan fingerprint density at radius 3 is 2.31 bits per heavy atom. The van der Waals surface area contributed by atoms with Crippen molar-refractivity contribution < 1.29 is 13.9 Å². The number of benzene rings is 1. The maximum absolute atomic E-state index is 13.4. The third-order valence-corrected chi connectivity index (χ3v) is 1.69. The summed E-state index contributed by atoms with van der Waals surface area (Å²) < 4.78 is 18.3. The van der Waals surface area contributed by atoms with Gasteiger partial charge in [0.15, 0.2) is 0 Å². The van der Waals surface area contributed by atoms with Crippen molar-refractivity contribution >= 4 is 12.0 Å². The third-order valence-electron chi connectivity index (χ3n) is 1.69. The second-order valence-corrected chi connectivity index (χ2v) is 4.40. The lowest BCUT2D eigenvalue weighted by Crippen LogP contribution is -2.24. The van der Waals surface area contributed by atoms with Crippen molar-refractivity contribution in [3.05, 3.63) is 41.7 Å². The molecule has 0 aliphatic rings. The van der Waals surface area contributed by atoms with Gasteiger partial charge in [-0.1, -0.05) is 30.3 Å². The summed E-state index contributed by atoms with van der Waals surface area (Å²) in [4.78, 5) is 11.3. The summed E-state index contributed by atoms with van der Waals surface area (Å²) in [7, 11) is 0. The second-order valence-electron chi connectivity index (χ2n) is 4.40. The van der Waals surface area contributed by atoms with Crippen LogP contribution in [-0.4, -0.2) is 11.6 Å². The van der Waals surface area contributed by atoms with Gasteiger partial charge in [0.05, 0.1) is 0 Å². The van der Waals surface area contributed by atoms with Crippen LogP contribution >= 0.6 is 0 Å². The molecule has 0 saturated heterocycles. The zero-order valence-electron chi connectivity index (χ0n) is 9.66. The van der Waals surface area contributed by atoms with Crippen molar-refractivity contribution in [3.63, 3.8) is 0 Å². The summed E-state index contributed by atoms with van der Waals surface area (Å²) in [6, 6.07) is 8.79. The van der Waals surface area contributed by atoms with E-state index >= 15 is 0 Å². The number of hydrogen-bond acceptors (Lipinski definition) is 2. The number of hydrogen-bond donors (Lipinski definition) is 0. The third kappa shape index (κ3) is 4.26. The van der Waals surface area contributed by atoms with Gasteiger partial charge in [-0.3, -0.25) is 0 Å². The average molecular weight is 222 g/mol. The molecule has 0 spiro atoms. The minimum atomic E-state index is -0.934. The lowest BCUT2D eigenvalue weighted by molar-refractivity contribution is -0.151. The van der Waals surface area contributed by atoms with Gasteiger partial charge in [-0.15, -0.1) is 0 Å². The molecule has 0 atom stereocenters. The zero-order chi connectivity index (χ0) is 12.2. The first kappa shape index (κ1) is 12.4. The highest BCUT2D eigenvalue weighted by atomic mass is 19.1. The largest absolute Gasteiger partial charge is 0.455 e. The summed E-state index contributed by atoms with van der Waals surface area (Å²) in [5.41, 5.74) is -0.0512. The average Bonchev–Trinajstić information content (AvgIpc) is 2.16. The molecule has 0 amide bonds. The van der Waals surface area contributed by atoms with Gasteiger partial charge in [-0.2, -0.15) is 4.39 Å². The molecule has 0 N–H and O–H groups in total. The Balaban J connectivity index is 2.75. The van der Waals surface area contributed by atoms with Gasteiger partial charge in [0, 0.05) is 0 Å². The maximum atomic E-state index is 13.4. The van der Waals surface area contributed by atoms with Gasteiger partial charge in [-0.25, -0.2) is 4.79 Å². The van der Waals surface area contributed by atoms with Gasteiger partial charge in [0.1, 0.15) is 5.60 Å². The first-order valence-corrected chi connectivity index (χ1v) is 5.04. The molecule has 16 heavy (non-hydrogen) atoms. The first-order chi connectivity index (χ1) is 7.38. The van der Waals surface area contributed by atoms with Gasteiger partial charge >= 0.3 is 5.97 Å². The van der Waals surface area contributed by atoms with E-state index in [0.29, 0.717) is 5.56 Å². The van der Waals surface area contributed by atoms with E-state index in [1.807, 2.05) is 6.07 Å². The summed E-state index contributed by atoms with van der Waals surface area (Å²) in [6.07, 6.45) is 1.16. The van der Waals surface area contributed by atoms with Crippen molar-refractivity contribution in [2.24, 2.45) is 0 Å². The van der Waals surface area contributed by atoms with Crippen molar-refractivity contribution in [3.8, 4) is 0 Å². The van der Waals surface area contributed by atoms with E-state index in [-0.39, 0.29) is 0 Å². The van der Waals surface area contributed by atoms with E-state index in [4.69, 9.17) is 4.74 Å². The highest BCUT2D eigenvalue weighted by Gasteiger charge is 2.19. The predicted molar refractivity (Wildman–Crippen MR) is 61.4 cm³/mol. The Morgan fingerprint density at radius 2 is 1.81 bits per heavy atom. The normalized spacial score (nSPS) is 12.4. The predicted octanol–water partition coefficient (Wildman–Crippen LogP) is 3.34. The van der Waals surface area contributed by atoms with Crippen LogP contribution in [0.25, 0.3) is 6.08 Å². The quantitative estimate of drug-likeness (QED) is 0.566. The van der Waals surface area contributed by atoms with Crippen LogP contribution in [-0.2, 0) is 9.53 Å². The molecule has 0 aliphatic carbocycles. The number of carbonyl (C=O) groups is 1. The smallest absolute Gasteiger partial charge is 0.367 e. The number of esters is 1. The summed E-state index contributed by atoms with van der Waals surface area (Å²) in [5.74, 6) is -1.82. The topological polar surface area (TPSA) is 26.3 Å². The van der Waals surface area contributed by atoms with Gasteiger partial charge < -0.3 is 4.74 Å². The van der Waals surface area contributed by atoms with Crippen LogP contribution in [0.2, 0.25) is 0 Å². The number of halogens is 1. The first-order valence-electron chi connectivity index (χ1n) is 5.04. The molecule has 0 saturated carbocycles.